The number of likely N-dealkylation sites (tertiary alicyclic amines) is 2. The molecule has 22 heavy (non-hydrogen) atoms. The van der Waals surface area contributed by atoms with Crippen molar-refractivity contribution in [1.82, 2.24) is 15.1 Å². The van der Waals surface area contributed by atoms with E-state index in [-0.39, 0.29) is 6.10 Å². The molecule has 5 heteroatoms. The molecule has 1 unspecified atom stereocenters. The van der Waals surface area contributed by atoms with E-state index in [9.17, 15) is 5.11 Å². The number of aliphatic imine (C=N–C) groups is 1. The van der Waals surface area contributed by atoms with Gasteiger partial charge in [-0.05, 0) is 44.6 Å². The van der Waals surface area contributed by atoms with E-state index in [1.54, 1.807) is 0 Å². The smallest absolute Gasteiger partial charge is 0.194 e. The van der Waals surface area contributed by atoms with Gasteiger partial charge in [0.2, 0.25) is 0 Å². The van der Waals surface area contributed by atoms with Crippen LogP contribution in [0.1, 0.15) is 40.0 Å². The lowest BCUT2D eigenvalue weighted by molar-refractivity contribution is 0.161. The highest BCUT2D eigenvalue weighted by Crippen LogP contribution is 2.18. The van der Waals surface area contributed by atoms with Gasteiger partial charge in [-0.1, -0.05) is 13.8 Å². The topological polar surface area (TPSA) is 51.1 Å². The van der Waals surface area contributed by atoms with Crippen LogP contribution in [0.15, 0.2) is 4.99 Å². The molecule has 0 amide bonds. The molecule has 0 saturated carbocycles. The summed E-state index contributed by atoms with van der Waals surface area (Å²) in [6.07, 6.45) is 3.25. The molecule has 0 radical (unpaired) electrons. The van der Waals surface area contributed by atoms with E-state index < -0.39 is 0 Å². The highest BCUT2D eigenvalue weighted by atomic mass is 16.3. The molecular weight excluding hydrogens is 276 g/mol. The molecule has 0 aromatic carbocycles. The van der Waals surface area contributed by atoms with E-state index in [2.05, 4.69) is 35.9 Å². The molecular formula is C17H34N4O. The van der Waals surface area contributed by atoms with Crippen molar-refractivity contribution in [3.8, 4) is 0 Å². The number of aliphatic hydroxyl groups excluding tert-OH is 1. The molecule has 0 aliphatic carbocycles. The number of aliphatic hydroxyl groups is 1. The number of hydrogen-bond acceptors (Lipinski definition) is 3. The Balaban J connectivity index is 1.86. The van der Waals surface area contributed by atoms with Gasteiger partial charge in [0.1, 0.15) is 0 Å². The summed E-state index contributed by atoms with van der Waals surface area (Å²) in [6, 6.07) is 0. The SMILES string of the molecule is CCNC(=NCC1CCCN(CC(C)C)C1)N1CC[C@@H](O)C1. The van der Waals surface area contributed by atoms with E-state index in [1.165, 1.54) is 32.5 Å². The Labute approximate surface area is 135 Å². The van der Waals surface area contributed by atoms with Crippen molar-refractivity contribution in [3.05, 3.63) is 0 Å². The molecule has 0 aromatic rings. The third kappa shape index (κ3) is 5.43. The molecule has 2 atom stereocenters. The van der Waals surface area contributed by atoms with Crippen molar-refractivity contribution in [2.45, 2.75) is 46.1 Å². The molecule has 2 aliphatic heterocycles. The van der Waals surface area contributed by atoms with Crippen molar-refractivity contribution in [2.24, 2.45) is 16.8 Å². The second kappa shape index (κ2) is 8.73. The number of piperidine rings is 1. The third-order valence-electron chi connectivity index (χ3n) is 4.52. The van der Waals surface area contributed by atoms with E-state index in [0.29, 0.717) is 5.92 Å². The number of nitrogens with one attached hydrogen (secondary N) is 1. The largest absolute Gasteiger partial charge is 0.391 e. The highest BCUT2D eigenvalue weighted by molar-refractivity contribution is 5.80. The first-order valence-electron chi connectivity index (χ1n) is 9.02. The van der Waals surface area contributed by atoms with Crippen LogP contribution in [0.2, 0.25) is 0 Å². The molecule has 2 heterocycles. The van der Waals surface area contributed by atoms with E-state index in [1.807, 2.05) is 0 Å². The first-order valence-corrected chi connectivity index (χ1v) is 9.02. The fourth-order valence-corrected chi connectivity index (χ4v) is 3.56. The second-order valence-electron chi connectivity index (χ2n) is 7.24. The van der Waals surface area contributed by atoms with Crippen molar-refractivity contribution in [1.29, 1.82) is 0 Å². The third-order valence-corrected chi connectivity index (χ3v) is 4.52. The minimum absolute atomic E-state index is 0.194. The van der Waals surface area contributed by atoms with Crippen LogP contribution in [0.3, 0.4) is 0 Å². The molecule has 128 valence electrons. The Morgan fingerprint density at radius 3 is 2.73 bits per heavy atom. The number of guanidine groups is 1. The van der Waals surface area contributed by atoms with Gasteiger partial charge < -0.3 is 20.2 Å². The highest BCUT2D eigenvalue weighted by Gasteiger charge is 2.24. The summed E-state index contributed by atoms with van der Waals surface area (Å²) in [4.78, 5) is 9.66. The van der Waals surface area contributed by atoms with Gasteiger partial charge in [-0.2, -0.15) is 0 Å². The lowest BCUT2D eigenvalue weighted by Gasteiger charge is -2.33. The zero-order chi connectivity index (χ0) is 15.9. The number of rotatable bonds is 5. The Morgan fingerprint density at radius 2 is 2.09 bits per heavy atom. The Hall–Kier alpha value is -0.810. The average molecular weight is 310 g/mol. The van der Waals surface area contributed by atoms with Gasteiger partial charge >= 0.3 is 0 Å². The van der Waals surface area contributed by atoms with Crippen LogP contribution in [-0.2, 0) is 0 Å². The fourth-order valence-electron chi connectivity index (χ4n) is 3.56. The van der Waals surface area contributed by atoms with Crippen molar-refractivity contribution < 1.29 is 5.11 Å². The molecule has 0 aromatic heterocycles. The van der Waals surface area contributed by atoms with Gasteiger partial charge in [0.15, 0.2) is 5.96 Å². The van der Waals surface area contributed by atoms with E-state index in [0.717, 1.165) is 44.5 Å². The molecule has 0 spiro atoms. The molecule has 0 bridgehead atoms. The monoisotopic (exact) mass is 310 g/mol. The standard InChI is InChI=1S/C17H34N4O/c1-4-18-17(21-9-7-16(22)13-21)19-10-15-6-5-8-20(12-15)11-14(2)3/h14-16,22H,4-13H2,1-3H3,(H,18,19)/t15?,16-/m1/s1. The second-order valence-corrected chi connectivity index (χ2v) is 7.24. The summed E-state index contributed by atoms with van der Waals surface area (Å²) in [5.74, 6) is 2.40. The van der Waals surface area contributed by atoms with Crippen LogP contribution in [0.4, 0.5) is 0 Å². The van der Waals surface area contributed by atoms with Gasteiger partial charge in [-0.25, -0.2) is 0 Å². The first kappa shape index (κ1) is 17.5. The Kier molecular flexibility index (Phi) is 6.96. The van der Waals surface area contributed by atoms with Crippen molar-refractivity contribution >= 4 is 5.96 Å². The quantitative estimate of drug-likeness (QED) is 0.595. The zero-order valence-corrected chi connectivity index (χ0v) is 14.6. The van der Waals surface area contributed by atoms with Crippen LogP contribution in [0, 0.1) is 11.8 Å². The Bertz CT molecular complexity index is 359. The summed E-state index contributed by atoms with van der Waals surface area (Å²) >= 11 is 0. The minimum atomic E-state index is -0.194. The summed E-state index contributed by atoms with van der Waals surface area (Å²) < 4.78 is 0. The molecule has 2 fully saturated rings. The molecule has 2 aliphatic rings. The molecule has 2 saturated heterocycles. The summed E-state index contributed by atoms with van der Waals surface area (Å²) in [7, 11) is 0. The van der Waals surface area contributed by atoms with E-state index in [4.69, 9.17) is 4.99 Å². The van der Waals surface area contributed by atoms with Gasteiger partial charge in [0.05, 0.1) is 6.10 Å². The summed E-state index contributed by atoms with van der Waals surface area (Å²) in [5.41, 5.74) is 0. The van der Waals surface area contributed by atoms with Crippen LogP contribution >= 0.6 is 0 Å². The van der Waals surface area contributed by atoms with Gasteiger partial charge in [-0.3, -0.25) is 4.99 Å². The number of hydrogen-bond donors (Lipinski definition) is 2. The zero-order valence-electron chi connectivity index (χ0n) is 14.6. The summed E-state index contributed by atoms with van der Waals surface area (Å²) in [6.45, 7) is 13.8. The van der Waals surface area contributed by atoms with Crippen LogP contribution in [0.5, 0.6) is 0 Å². The average Bonchev–Trinajstić information content (AvgIpc) is 2.89. The predicted molar refractivity (Wildman–Crippen MR) is 92.2 cm³/mol. The number of nitrogens with zero attached hydrogens (tertiary/aromatic N) is 3. The van der Waals surface area contributed by atoms with E-state index >= 15 is 0 Å². The normalized spacial score (nSPS) is 27.7. The maximum atomic E-state index is 9.72. The lowest BCUT2D eigenvalue weighted by Crippen LogP contribution is -2.42. The van der Waals surface area contributed by atoms with Crippen LogP contribution < -0.4 is 5.32 Å². The Morgan fingerprint density at radius 1 is 1.27 bits per heavy atom. The molecule has 2 rings (SSSR count). The fraction of sp³-hybridized carbons (Fsp3) is 0.941. The molecule has 5 nitrogen and oxygen atoms in total. The minimum Gasteiger partial charge on any atom is -0.391 e. The van der Waals surface area contributed by atoms with Gasteiger partial charge in [-0.15, -0.1) is 0 Å². The maximum absolute atomic E-state index is 9.72. The van der Waals surface area contributed by atoms with Crippen LogP contribution in [-0.4, -0.2) is 72.8 Å². The van der Waals surface area contributed by atoms with Crippen molar-refractivity contribution in [2.75, 3.05) is 45.8 Å². The van der Waals surface area contributed by atoms with Crippen molar-refractivity contribution in [3.63, 3.8) is 0 Å². The van der Waals surface area contributed by atoms with Crippen LogP contribution in [0.25, 0.3) is 0 Å². The van der Waals surface area contributed by atoms with Gasteiger partial charge in [0.25, 0.3) is 0 Å². The predicted octanol–water partition coefficient (Wildman–Crippen LogP) is 1.39. The lowest BCUT2D eigenvalue weighted by atomic mass is 9.97. The summed E-state index contributed by atoms with van der Waals surface area (Å²) in [5, 5.41) is 13.1. The first-order chi connectivity index (χ1) is 10.6. The van der Waals surface area contributed by atoms with Gasteiger partial charge in [0, 0.05) is 39.3 Å². The maximum Gasteiger partial charge on any atom is 0.194 e. The molecule has 2 N–H and O–H groups in total. The number of β-amino-alcohol motifs (C(OH)–C–C–N with tert-alkyl or cyclic N) is 1.